The first kappa shape index (κ1) is 17.4. The summed E-state index contributed by atoms with van der Waals surface area (Å²) in [4.78, 5) is 33.2. The smallest absolute Gasteiger partial charge is 0.264 e. The Kier molecular flexibility index (Phi) is 6.55. The van der Waals surface area contributed by atoms with Gasteiger partial charge in [-0.3, -0.25) is 9.59 Å². The fraction of sp³-hybridized carbons (Fsp3) is 0.667. The molecule has 6 nitrogen and oxygen atoms in total. The standard InChI is InChI=1S/C15H25N3O3/c1-5-6-7-18(8-9-19)15(21)12-11(4)16-13(10(2)3)17-14(12)20/h10,19H,5-9H2,1-4H3,(H,16,17,20). The molecule has 1 aromatic rings. The summed E-state index contributed by atoms with van der Waals surface area (Å²) in [6.07, 6.45) is 1.77. The van der Waals surface area contributed by atoms with Crippen molar-refractivity contribution in [2.75, 3.05) is 19.7 Å². The Labute approximate surface area is 125 Å². The number of aliphatic hydroxyl groups is 1. The summed E-state index contributed by atoms with van der Waals surface area (Å²) in [7, 11) is 0. The Bertz CT molecular complexity index is 537. The number of aryl methyl sites for hydroxylation is 1. The van der Waals surface area contributed by atoms with E-state index in [1.54, 1.807) is 6.92 Å². The minimum atomic E-state index is -0.407. The third-order valence-corrected chi connectivity index (χ3v) is 3.32. The zero-order valence-corrected chi connectivity index (χ0v) is 13.3. The lowest BCUT2D eigenvalue weighted by molar-refractivity contribution is 0.0716. The molecule has 0 bridgehead atoms. The molecule has 0 saturated heterocycles. The van der Waals surface area contributed by atoms with Gasteiger partial charge in [-0.1, -0.05) is 27.2 Å². The Hall–Kier alpha value is -1.69. The van der Waals surface area contributed by atoms with Crippen molar-refractivity contribution >= 4 is 5.91 Å². The summed E-state index contributed by atoms with van der Waals surface area (Å²) >= 11 is 0. The summed E-state index contributed by atoms with van der Waals surface area (Å²) in [5.74, 6) is 0.310. The number of hydrogen-bond acceptors (Lipinski definition) is 4. The van der Waals surface area contributed by atoms with Crippen LogP contribution >= 0.6 is 0 Å². The Balaban J connectivity index is 3.13. The van der Waals surface area contributed by atoms with Crippen molar-refractivity contribution in [1.82, 2.24) is 14.9 Å². The Morgan fingerprint density at radius 3 is 2.52 bits per heavy atom. The van der Waals surface area contributed by atoms with E-state index in [1.807, 2.05) is 20.8 Å². The molecule has 2 N–H and O–H groups in total. The first-order valence-corrected chi connectivity index (χ1v) is 7.43. The van der Waals surface area contributed by atoms with Gasteiger partial charge in [-0.15, -0.1) is 0 Å². The largest absolute Gasteiger partial charge is 0.395 e. The lowest BCUT2D eigenvalue weighted by atomic mass is 10.1. The molecule has 118 valence electrons. The number of nitrogens with zero attached hydrogens (tertiary/aromatic N) is 2. The number of carbonyl (C=O) groups is 1. The normalized spacial score (nSPS) is 11.0. The summed E-state index contributed by atoms with van der Waals surface area (Å²) < 4.78 is 0. The van der Waals surface area contributed by atoms with Crippen molar-refractivity contribution < 1.29 is 9.90 Å². The zero-order chi connectivity index (χ0) is 16.0. The van der Waals surface area contributed by atoms with Crippen LogP contribution in [0.25, 0.3) is 0 Å². The van der Waals surface area contributed by atoms with Gasteiger partial charge in [0.25, 0.3) is 11.5 Å². The first-order valence-electron chi connectivity index (χ1n) is 7.43. The van der Waals surface area contributed by atoms with Gasteiger partial charge in [0.2, 0.25) is 0 Å². The predicted octanol–water partition coefficient (Wildman–Crippen LogP) is 1.44. The van der Waals surface area contributed by atoms with Gasteiger partial charge in [0.15, 0.2) is 0 Å². The van der Waals surface area contributed by atoms with E-state index >= 15 is 0 Å². The quantitative estimate of drug-likeness (QED) is 0.797. The second-order valence-electron chi connectivity index (χ2n) is 5.44. The van der Waals surface area contributed by atoms with Crippen molar-refractivity contribution in [3.05, 3.63) is 27.4 Å². The molecule has 1 aromatic heterocycles. The molecular formula is C15H25N3O3. The Morgan fingerprint density at radius 2 is 2.05 bits per heavy atom. The molecule has 0 radical (unpaired) electrons. The highest BCUT2D eigenvalue weighted by atomic mass is 16.3. The lowest BCUT2D eigenvalue weighted by Gasteiger charge is -2.22. The van der Waals surface area contributed by atoms with Gasteiger partial charge in [0.05, 0.1) is 12.3 Å². The van der Waals surface area contributed by atoms with Crippen LogP contribution in [-0.4, -0.2) is 45.6 Å². The van der Waals surface area contributed by atoms with E-state index in [0.717, 1.165) is 12.8 Å². The van der Waals surface area contributed by atoms with Crippen LogP contribution in [-0.2, 0) is 0 Å². The molecule has 0 spiro atoms. The fourth-order valence-corrected chi connectivity index (χ4v) is 2.08. The second kappa shape index (κ2) is 7.93. The first-order chi connectivity index (χ1) is 9.92. The van der Waals surface area contributed by atoms with Crippen LogP contribution in [0.5, 0.6) is 0 Å². The molecule has 0 aliphatic heterocycles. The molecule has 0 fully saturated rings. The topological polar surface area (TPSA) is 86.3 Å². The number of hydrogen-bond donors (Lipinski definition) is 2. The van der Waals surface area contributed by atoms with E-state index in [-0.39, 0.29) is 30.5 Å². The van der Waals surface area contributed by atoms with Gasteiger partial charge >= 0.3 is 0 Å². The molecule has 0 aromatic carbocycles. The third-order valence-electron chi connectivity index (χ3n) is 3.32. The number of rotatable bonds is 7. The number of carbonyl (C=O) groups excluding carboxylic acids is 1. The van der Waals surface area contributed by atoms with Gasteiger partial charge in [-0.2, -0.15) is 0 Å². The molecule has 21 heavy (non-hydrogen) atoms. The van der Waals surface area contributed by atoms with E-state index in [9.17, 15) is 9.59 Å². The summed E-state index contributed by atoms with van der Waals surface area (Å²) in [5.41, 5.74) is 0.103. The molecule has 0 unspecified atom stereocenters. The molecule has 0 aliphatic rings. The summed E-state index contributed by atoms with van der Waals surface area (Å²) in [6.45, 7) is 8.19. The molecule has 1 amide bonds. The highest BCUT2D eigenvalue weighted by Crippen LogP contribution is 2.11. The monoisotopic (exact) mass is 295 g/mol. The van der Waals surface area contributed by atoms with E-state index in [1.165, 1.54) is 4.90 Å². The number of nitrogens with one attached hydrogen (secondary N) is 1. The van der Waals surface area contributed by atoms with Gasteiger partial charge in [-0.05, 0) is 13.3 Å². The van der Waals surface area contributed by atoms with Crippen molar-refractivity contribution in [3.63, 3.8) is 0 Å². The van der Waals surface area contributed by atoms with Crippen molar-refractivity contribution in [2.45, 2.75) is 46.5 Å². The predicted molar refractivity (Wildman–Crippen MR) is 81.6 cm³/mol. The maximum Gasteiger partial charge on any atom is 0.264 e. The summed E-state index contributed by atoms with van der Waals surface area (Å²) in [5, 5.41) is 9.09. The van der Waals surface area contributed by atoms with Crippen LogP contribution in [0.3, 0.4) is 0 Å². The number of aromatic amines is 1. The average molecular weight is 295 g/mol. The number of H-pyrrole nitrogens is 1. The van der Waals surface area contributed by atoms with Gasteiger partial charge in [0, 0.05) is 19.0 Å². The minimum Gasteiger partial charge on any atom is -0.395 e. The third kappa shape index (κ3) is 4.39. The molecule has 6 heteroatoms. The Morgan fingerprint density at radius 1 is 1.38 bits per heavy atom. The van der Waals surface area contributed by atoms with E-state index in [4.69, 9.17) is 5.11 Å². The number of amides is 1. The summed E-state index contributed by atoms with van der Waals surface area (Å²) in [6, 6.07) is 0. The van der Waals surface area contributed by atoms with Crippen LogP contribution < -0.4 is 5.56 Å². The van der Waals surface area contributed by atoms with Crippen molar-refractivity contribution in [2.24, 2.45) is 0 Å². The van der Waals surface area contributed by atoms with Gasteiger partial charge in [-0.25, -0.2) is 4.98 Å². The second-order valence-corrected chi connectivity index (χ2v) is 5.44. The average Bonchev–Trinajstić information content (AvgIpc) is 2.42. The van der Waals surface area contributed by atoms with Gasteiger partial charge < -0.3 is 15.0 Å². The molecule has 1 rings (SSSR count). The lowest BCUT2D eigenvalue weighted by Crippen LogP contribution is -2.38. The SMILES string of the molecule is CCCCN(CCO)C(=O)c1c(C)nc(C(C)C)[nH]c1=O. The van der Waals surface area contributed by atoms with Crippen LogP contribution in [0.15, 0.2) is 4.79 Å². The fourth-order valence-electron chi connectivity index (χ4n) is 2.08. The van der Waals surface area contributed by atoms with Crippen molar-refractivity contribution in [1.29, 1.82) is 0 Å². The molecule has 1 heterocycles. The highest BCUT2D eigenvalue weighted by Gasteiger charge is 2.22. The maximum atomic E-state index is 12.5. The minimum absolute atomic E-state index is 0.0731. The maximum absolute atomic E-state index is 12.5. The van der Waals surface area contributed by atoms with E-state index in [0.29, 0.717) is 18.1 Å². The number of aliphatic hydroxyl groups excluding tert-OH is 1. The van der Waals surface area contributed by atoms with Gasteiger partial charge in [0.1, 0.15) is 11.4 Å². The van der Waals surface area contributed by atoms with Crippen LogP contribution in [0.4, 0.5) is 0 Å². The van der Waals surface area contributed by atoms with E-state index in [2.05, 4.69) is 9.97 Å². The number of aromatic nitrogens is 2. The molecule has 0 saturated carbocycles. The molecule has 0 atom stereocenters. The van der Waals surface area contributed by atoms with Crippen LogP contribution in [0.1, 0.15) is 61.4 Å². The highest BCUT2D eigenvalue weighted by molar-refractivity contribution is 5.94. The number of unbranched alkanes of at least 4 members (excludes halogenated alkanes) is 1. The van der Waals surface area contributed by atoms with E-state index < -0.39 is 5.56 Å². The molecule has 0 aliphatic carbocycles. The van der Waals surface area contributed by atoms with Crippen LogP contribution in [0, 0.1) is 6.92 Å². The van der Waals surface area contributed by atoms with Crippen molar-refractivity contribution in [3.8, 4) is 0 Å². The van der Waals surface area contributed by atoms with Crippen LogP contribution in [0.2, 0.25) is 0 Å². The zero-order valence-electron chi connectivity index (χ0n) is 13.3. The molecular weight excluding hydrogens is 270 g/mol.